The molecule has 3 rings (SSSR count). The van der Waals surface area contributed by atoms with Gasteiger partial charge in [0.05, 0.1) is 17.1 Å². The van der Waals surface area contributed by atoms with E-state index in [-0.39, 0.29) is 18.2 Å². The summed E-state index contributed by atoms with van der Waals surface area (Å²) in [5.41, 5.74) is 2.99. The molecule has 2 N–H and O–H groups in total. The van der Waals surface area contributed by atoms with Crippen LogP contribution in [0.25, 0.3) is 10.9 Å². The summed E-state index contributed by atoms with van der Waals surface area (Å²) >= 11 is 3.35. The lowest BCUT2D eigenvalue weighted by atomic mass is 10.1. The predicted molar refractivity (Wildman–Crippen MR) is 105 cm³/mol. The van der Waals surface area contributed by atoms with Crippen LogP contribution in [0, 0.1) is 13.8 Å². The van der Waals surface area contributed by atoms with Crippen LogP contribution in [0.4, 0.5) is 5.69 Å². The largest absolute Gasteiger partial charge is 0.497 e. The van der Waals surface area contributed by atoms with E-state index in [0.29, 0.717) is 21.4 Å². The number of rotatable bonds is 5. The van der Waals surface area contributed by atoms with Crippen LogP contribution < -0.4 is 9.47 Å². The van der Waals surface area contributed by atoms with Crippen LogP contribution in [-0.2, 0) is 4.79 Å². The number of nitrogens with zero attached hydrogens (tertiary/aromatic N) is 2. The first-order chi connectivity index (χ1) is 12.9. The molecule has 0 bridgehead atoms. The molecule has 0 fully saturated rings. The second kappa shape index (κ2) is 7.79. The molecule has 8 heteroatoms. The monoisotopic (exact) mass is 431 g/mol. The van der Waals surface area contributed by atoms with E-state index in [1.165, 1.54) is 0 Å². The fourth-order valence-electron chi connectivity index (χ4n) is 2.73. The first kappa shape index (κ1) is 18.9. The van der Waals surface area contributed by atoms with Crippen LogP contribution in [0.15, 0.2) is 45.0 Å². The number of carbonyl (C=O) groups excluding carboxylic acids is 1. The Hall–Kier alpha value is -2.87. The third kappa shape index (κ3) is 4.11. The summed E-state index contributed by atoms with van der Waals surface area (Å²) in [6.45, 7) is 3.59. The van der Waals surface area contributed by atoms with Crippen LogP contribution in [0.3, 0.4) is 0 Å². The summed E-state index contributed by atoms with van der Waals surface area (Å²) in [5.74, 6) is 0.450. The molecule has 27 heavy (non-hydrogen) atoms. The van der Waals surface area contributed by atoms with Crippen LogP contribution >= 0.6 is 15.9 Å². The van der Waals surface area contributed by atoms with E-state index in [1.54, 1.807) is 25.3 Å². The highest BCUT2D eigenvalue weighted by atomic mass is 79.9. The highest BCUT2D eigenvalue weighted by Gasteiger charge is 2.13. The van der Waals surface area contributed by atoms with Gasteiger partial charge in [-0.25, -0.2) is 0 Å². The standard InChI is InChI=1S/C19H18BrN3O4/c1-10-6-11(2)17-13(7-10)18(19(25)21-17)23-22-16(24)9-27-15-5-4-12(26-3)8-14(15)20/h4-8,21,25H,9H2,1-3H3. The van der Waals surface area contributed by atoms with Gasteiger partial charge in [0.15, 0.2) is 12.3 Å². The maximum Gasteiger partial charge on any atom is 0.302 e. The maximum absolute atomic E-state index is 12.0. The second-order valence-corrected chi connectivity index (χ2v) is 6.86. The van der Waals surface area contributed by atoms with Gasteiger partial charge in [0.2, 0.25) is 5.88 Å². The summed E-state index contributed by atoms with van der Waals surface area (Å²) in [4.78, 5) is 14.9. The average molecular weight is 432 g/mol. The molecule has 0 unspecified atom stereocenters. The van der Waals surface area contributed by atoms with Crippen LogP contribution in [0.1, 0.15) is 11.1 Å². The zero-order valence-corrected chi connectivity index (χ0v) is 16.6. The second-order valence-electron chi connectivity index (χ2n) is 6.01. The number of amides is 1. The summed E-state index contributed by atoms with van der Waals surface area (Å²) in [7, 11) is 1.56. The minimum absolute atomic E-state index is 0.130. The lowest BCUT2D eigenvalue weighted by molar-refractivity contribution is -0.120. The summed E-state index contributed by atoms with van der Waals surface area (Å²) in [6, 6.07) is 9.01. The number of aromatic hydroxyl groups is 1. The van der Waals surface area contributed by atoms with Crippen molar-refractivity contribution in [2.45, 2.75) is 13.8 Å². The number of H-pyrrole nitrogens is 1. The Labute approximate surface area is 164 Å². The molecule has 0 saturated heterocycles. The van der Waals surface area contributed by atoms with Gasteiger partial charge in [0.25, 0.3) is 0 Å². The third-order valence-electron chi connectivity index (χ3n) is 3.95. The number of ether oxygens (including phenoxy) is 2. The first-order valence-electron chi connectivity index (χ1n) is 8.12. The van der Waals surface area contributed by atoms with Crippen LogP contribution in [-0.4, -0.2) is 29.7 Å². The van der Waals surface area contributed by atoms with Gasteiger partial charge in [-0.2, -0.15) is 0 Å². The van der Waals surface area contributed by atoms with Crippen molar-refractivity contribution in [3.63, 3.8) is 0 Å². The molecule has 0 aliphatic heterocycles. The molecule has 1 aromatic heterocycles. The molecule has 0 aliphatic carbocycles. The fourth-order valence-corrected chi connectivity index (χ4v) is 3.20. The van der Waals surface area contributed by atoms with E-state index in [0.717, 1.165) is 16.6 Å². The minimum atomic E-state index is -0.573. The maximum atomic E-state index is 12.0. The van der Waals surface area contributed by atoms with Crippen molar-refractivity contribution in [2.24, 2.45) is 10.2 Å². The van der Waals surface area contributed by atoms with Crippen LogP contribution in [0.5, 0.6) is 17.4 Å². The number of benzene rings is 2. The molecule has 0 atom stereocenters. The number of nitrogens with one attached hydrogen (secondary N) is 1. The SMILES string of the molecule is COc1ccc(OCC(=O)N=Nc2c(O)[nH]c3c(C)cc(C)cc23)c(Br)c1. The molecule has 3 aromatic rings. The molecule has 2 aromatic carbocycles. The smallest absolute Gasteiger partial charge is 0.302 e. The van der Waals surface area contributed by atoms with E-state index in [9.17, 15) is 9.90 Å². The topological polar surface area (TPSA) is 96.3 Å². The van der Waals surface area contributed by atoms with Gasteiger partial charge in [-0.1, -0.05) is 11.6 Å². The zero-order chi connectivity index (χ0) is 19.6. The van der Waals surface area contributed by atoms with E-state index >= 15 is 0 Å². The van der Waals surface area contributed by atoms with Crippen molar-refractivity contribution in [3.8, 4) is 17.4 Å². The highest BCUT2D eigenvalue weighted by Crippen LogP contribution is 2.37. The molecule has 7 nitrogen and oxygen atoms in total. The van der Waals surface area contributed by atoms with Gasteiger partial charge >= 0.3 is 5.91 Å². The van der Waals surface area contributed by atoms with Gasteiger partial charge in [0, 0.05) is 5.39 Å². The number of hydrogen-bond donors (Lipinski definition) is 2. The normalized spacial score (nSPS) is 11.3. The van der Waals surface area contributed by atoms with Crippen molar-refractivity contribution < 1.29 is 19.4 Å². The number of aromatic nitrogens is 1. The lowest BCUT2D eigenvalue weighted by Gasteiger charge is -2.07. The molecular weight excluding hydrogens is 414 g/mol. The molecule has 1 heterocycles. The van der Waals surface area contributed by atoms with Crippen molar-refractivity contribution in [1.82, 2.24) is 4.98 Å². The highest BCUT2D eigenvalue weighted by molar-refractivity contribution is 9.10. The first-order valence-corrected chi connectivity index (χ1v) is 8.91. The Morgan fingerprint density at radius 2 is 2.04 bits per heavy atom. The van der Waals surface area contributed by atoms with Gasteiger partial charge in [-0.05, 0) is 59.6 Å². The van der Waals surface area contributed by atoms with Crippen molar-refractivity contribution in [1.29, 1.82) is 0 Å². The quantitative estimate of drug-likeness (QED) is 0.558. The van der Waals surface area contributed by atoms with Gasteiger partial charge in [-0.3, -0.25) is 4.79 Å². The van der Waals surface area contributed by atoms with Crippen molar-refractivity contribution >= 4 is 38.4 Å². The number of halogens is 1. The minimum Gasteiger partial charge on any atom is -0.497 e. The Morgan fingerprint density at radius 1 is 1.26 bits per heavy atom. The number of aromatic amines is 1. The Morgan fingerprint density at radius 3 is 2.74 bits per heavy atom. The Balaban J connectivity index is 1.74. The van der Waals surface area contributed by atoms with E-state index in [4.69, 9.17) is 9.47 Å². The molecule has 0 radical (unpaired) electrons. The van der Waals surface area contributed by atoms with E-state index < -0.39 is 5.91 Å². The number of fused-ring (bicyclic) bond motifs is 1. The fraction of sp³-hybridized carbons (Fsp3) is 0.211. The summed E-state index contributed by atoms with van der Waals surface area (Å²) in [5, 5.41) is 18.4. The Bertz CT molecular complexity index is 1040. The number of azo groups is 1. The van der Waals surface area contributed by atoms with Crippen LogP contribution in [0.2, 0.25) is 0 Å². The molecule has 0 saturated carbocycles. The van der Waals surface area contributed by atoms with Gasteiger partial charge in [-0.15, -0.1) is 10.2 Å². The molecular formula is C19H18BrN3O4. The molecule has 140 valence electrons. The van der Waals surface area contributed by atoms with Crippen molar-refractivity contribution in [2.75, 3.05) is 13.7 Å². The van der Waals surface area contributed by atoms with Gasteiger partial charge in [0.1, 0.15) is 11.5 Å². The number of carbonyl (C=O) groups is 1. The van der Waals surface area contributed by atoms with Gasteiger partial charge < -0.3 is 19.6 Å². The lowest BCUT2D eigenvalue weighted by Crippen LogP contribution is -2.08. The zero-order valence-electron chi connectivity index (χ0n) is 15.0. The molecule has 1 amide bonds. The molecule has 0 aliphatic rings. The molecule has 0 spiro atoms. The van der Waals surface area contributed by atoms with E-state index in [1.807, 2.05) is 26.0 Å². The van der Waals surface area contributed by atoms with Crippen molar-refractivity contribution in [3.05, 3.63) is 45.9 Å². The number of aryl methyl sites for hydroxylation is 2. The number of hydrogen-bond acceptors (Lipinski definition) is 5. The van der Waals surface area contributed by atoms with E-state index in [2.05, 4.69) is 31.1 Å². The average Bonchev–Trinajstić information content (AvgIpc) is 2.94. The summed E-state index contributed by atoms with van der Waals surface area (Å²) < 4.78 is 11.2. The summed E-state index contributed by atoms with van der Waals surface area (Å²) in [6.07, 6.45) is 0. The number of methoxy groups -OCH3 is 1. The third-order valence-corrected chi connectivity index (χ3v) is 4.57. The predicted octanol–water partition coefficient (Wildman–Crippen LogP) is 4.95. The Kier molecular flexibility index (Phi) is 5.46.